The van der Waals surface area contributed by atoms with Crippen molar-refractivity contribution >= 4 is 22.1 Å². The van der Waals surface area contributed by atoms with E-state index in [0.29, 0.717) is 64.4 Å². The molecular weight excluding hydrogens is 388 g/mol. The van der Waals surface area contributed by atoms with Gasteiger partial charge in [0.1, 0.15) is 13.2 Å². The molecule has 0 fully saturated rings. The van der Waals surface area contributed by atoms with E-state index < -0.39 is 0 Å². The second kappa shape index (κ2) is 12.2. The standard InChI is InChI=1S/C22H28N2O6/c1-25-7-9-27-11-13-29-21-15-19-20(24-18-6-4-3-5-17(18)23-19)16-22(21)30-14-12-28-10-8-26-2/h3-6,15-16H,7-14H2,1-2H3. The van der Waals surface area contributed by atoms with Crippen LogP contribution in [0.4, 0.5) is 0 Å². The van der Waals surface area contributed by atoms with Crippen molar-refractivity contribution in [3.05, 3.63) is 36.4 Å². The lowest BCUT2D eigenvalue weighted by atomic mass is 10.2. The molecule has 0 spiro atoms. The fraction of sp³-hybridized carbons (Fsp3) is 0.455. The third-order valence-electron chi connectivity index (χ3n) is 4.24. The molecule has 1 aromatic heterocycles. The van der Waals surface area contributed by atoms with E-state index >= 15 is 0 Å². The molecule has 0 aliphatic heterocycles. The molecule has 0 bridgehead atoms. The molecule has 0 saturated heterocycles. The summed E-state index contributed by atoms with van der Waals surface area (Å²) in [4.78, 5) is 9.39. The van der Waals surface area contributed by atoms with E-state index in [1.165, 1.54) is 0 Å². The molecule has 1 heterocycles. The van der Waals surface area contributed by atoms with Crippen molar-refractivity contribution in [3.8, 4) is 11.5 Å². The van der Waals surface area contributed by atoms with Gasteiger partial charge < -0.3 is 28.4 Å². The van der Waals surface area contributed by atoms with Crippen LogP contribution in [0, 0.1) is 0 Å². The summed E-state index contributed by atoms with van der Waals surface area (Å²) in [6.45, 7) is 3.82. The molecule has 0 aliphatic carbocycles. The summed E-state index contributed by atoms with van der Waals surface area (Å²) in [5.74, 6) is 1.19. The maximum Gasteiger partial charge on any atom is 0.163 e. The topological polar surface area (TPSA) is 81.2 Å². The van der Waals surface area contributed by atoms with E-state index in [1.807, 2.05) is 36.4 Å². The lowest BCUT2D eigenvalue weighted by Crippen LogP contribution is -2.12. The fourth-order valence-corrected chi connectivity index (χ4v) is 2.77. The quantitative estimate of drug-likeness (QED) is 0.293. The smallest absolute Gasteiger partial charge is 0.163 e. The predicted octanol–water partition coefficient (Wildman–Crippen LogP) is 2.87. The van der Waals surface area contributed by atoms with Crippen LogP contribution in [0.25, 0.3) is 22.1 Å². The zero-order chi connectivity index (χ0) is 21.0. The minimum Gasteiger partial charge on any atom is -0.487 e. The molecule has 0 radical (unpaired) electrons. The van der Waals surface area contributed by atoms with Gasteiger partial charge in [-0.15, -0.1) is 0 Å². The monoisotopic (exact) mass is 416 g/mol. The van der Waals surface area contributed by atoms with Crippen molar-refractivity contribution in [2.45, 2.75) is 0 Å². The number of benzene rings is 2. The number of rotatable bonds is 14. The first-order valence-corrected chi connectivity index (χ1v) is 9.91. The zero-order valence-electron chi connectivity index (χ0n) is 17.5. The second-order valence-corrected chi connectivity index (χ2v) is 6.41. The molecule has 0 atom stereocenters. The highest BCUT2D eigenvalue weighted by Crippen LogP contribution is 2.32. The molecule has 162 valence electrons. The highest BCUT2D eigenvalue weighted by Gasteiger charge is 2.11. The third-order valence-corrected chi connectivity index (χ3v) is 4.24. The van der Waals surface area contributed by atoms with Crippen molar-refractivity contribution in [2.75, 3.05) is 67.1 Å². The lowest BCUT2D eigenvalue weighted by molar-refractivity contribution is 0.0499. The van der Waals surface area contributed by atoms with Crippen LogP contribution in [-0.4, -0.2) is 77.0 Å². The number of hydrogen-bond donors (Lipinski definition) is 0. The van der Waals surface area contributed by atoms with Gasteiger partial charge >= 0.3 is 0 Å². The molecule has 2 aromatic carbocycles. The summed E-state index contributed by atoms with van der Waals surface area (Å²) < 4.78 is 32.7. The molecule has 8 nitrogen and oxygen atoms in total. The number of para-hydroxylation sites is 2. The molecule has 0 amide bonds. The summed E-state index contributed by atoms with van der Waals surface area (Å²) >= 11 is 0. The fourth-order valence-electron chi connectivity index (χ4n) is 2.77. The van der Waals surface area contributed by atoms with Crippen molar-refractivity contribution in [3.63, 3.8) is 0 Å². The average Bonchev–Trinajstić information content (AvgIpc) is 2.77. The van der Waals surface area contributed by atoms with Crippen LogP contribution in [0.1, 0.15) is 0 Å². The molecule has 8 heteroatoms. The van der Waals surface area contributed by atoms with E-state index in [-0.39, 0.29) is 0 Å². The first kappa shape index (κ1) is 22.2. The minimum absolute atomic E-state index is 0.386. The number of nitrogens with zero attached hydrogens (tertiary/aromatic N) is 2. The van der Waals surface area contributed by atoms with Crippen molar-refractivity contribution in [2.24, 2.45) is 0 Å². The Bertz CT molecular complexity index is 847. The highest BCUT2D eigenvalue weighted by atomic mass is 16.6. The van der Waals surface area contributed by atoms with Crippen molar-refractivity contribution < 1.29 is 28.4 Å². The minimum atomic E-state index is 0.386. The van der Waals surface area contributed by atoms with E-state index in [2.05, 4.69) is 0 Å². The van der Waals surface area contributed by atoms with E-state index in [4.69, 9.17) is 38.4 Å². The van der Waals surface area contributed by atoms with Gasteiger partial charge in [0.05, 0.1) is 61.7 Å². The van der Waals surface area contributed by atoms with Gasteiger partial charge in [0, 0.05) is 26.4 Å². The van der Waals surface area contributed by atoms with Crippen LogP contribution in [0.15, 0.2) is 36.4 Å². The van der Waals surface area contributed by atoms with Gasteiger partial charge in [0.25, 0.3) is 0 Å². The zero-order valence-corrected chi connectivity index (χ0v) is 17.5. The Kier molecular flexibility index (Phi) is 9.04. The molecule has 0 N–H and O–H groups in total. The van der Waals surface area contributed by atoms with Crippen LogP contribution < -0.4 is 9.47 Å². The Hall–Kier alpha value is -2.52. The van der Waals surface area contributed by atoms with Crippen LogP contribution >= 0.6 is 0 Å². The molecular formula is C22H28N2O6. The normalized spacial score (nSPS) is 11.3. The third kappa shape index (κ3) is 6.50. The summed E-state index contributed by atoms with van der Waals surface area (Å²) in [5, 5.41) is 0. The van der Waals surface area contributed by atoms with Crippen LogP contribution in [0.3, 0.4) is 0 Å². The lowest BCUT2D eigenvalue weighted by Gasteiger charge is -2.14. The van der Waals surface area contributed by atoms with Crippen molar-refractivity contribution in [1.29, 1.82) is 0 Å². The van der Waals surface area contributed by atoms with E-state index in [9.17, 15) is 0 Å². The van der Waals surface area contributed by atoms with Crippen LogP contribution in [-0.2, 0) is 18.9 Å². The number of ether oxygens (including phenoxy) is 6. The Morgan fingerprint density at radius 2 is 1.00 bits per heavy atom. The maximum absolute atomic E-state index is 5.91. The summed E-state index contributed by atoms with van der Waals surface area (Å²) in [6.07, 6.45) is 0. The van der Waals surface area contributed by atoms with Crippen LogP contribution in [0.5, 0.6) is 11.5 Å². The molecule has 30 heavy (non-hydrogen) atoms. The number of aromatic nitrogens is 2. The number of hydrogen-bond acceptors (Lipinski definition) is 8. The number of fused-ring (bicyclic) bond motifs is 2. The average molecular weight is 416 g/mol. The molecule has 0 saturated carbocycles. The van der Waals surface area contributed by atoms with E-state index in [0.717, 1.165) is 22.1 Å². The van der Waals surface area contributed by atoms with Crippen LogP contribution in [0.2, 0.25) is 0 Å². The Labute approximate surface area is 176 Å². The Morgan fingerprint density at radius 3 is 1.43 bits per heavy atom. The Balaban J connectivity index is 1.72. The first-order chi connectivity index (χ1) is 14.8. The largest absolute Gasteiger partial charge is 0.487 e. The highest BCUT2D eigenvalue weighted by molar-refractivity contribution is 5.88. The predicted molar refractivity (Wildman–Crippen MR) is 113 cm³/mol. The summed E-state index contributed by atoms with van der Waals surface area (Å²) in [7, 11) is 3.28. The van der Waals surface area contributed by atoms with E-state index in [1.54, 1.807) is 14.2 Å². The summed E-state index contributed by atoms with van der Waals surface area (Å²) in [6, 6.07) is 11.5. The molecule has 3 rings (SSSR count). The summed E-state index contributed by atoms with van der Waals surface area (Å²) in [5.41, 5.74) is 3.15. The van der Waals surface area contributed by atoms with Crippen molar-refractivity contribution in [1.82, 2.24) is 9.97 Å². The maximum atomic E-state index is 5.91. The second-order valence-electron chi connectivity index (χ2n) is 6.41. The van der Waals surface area contributed by atoms with Gasteiger partial charge in [0.2, 0.25) is 0 Å². The van der Waals surface area contributed by atoms with Gasteiger partial charge in [-0.2, -0.15) is 0 Å². The van der Waals surface area contributed by atoms with Gasteiger partial charge in [0.15, 0.2) is 11.5 Å². The Morgan fingerprint density at radius 1 is 0.567 bits per heavy atom. The SMILES string of the molecule is COCCOCCOc1cc2nc3ccccc3nc2cc1OCCOCCOC. The molecule has 3 aromatic rings. The van der Waals surface area contributed by atoms with Gasteiger partial charge in [-0.05, 0) is 12.1 Å². The van der Waals surface area contributed by atoms with Gasteiger partial charge in [-0.3, -0.25) is 0 Å². The first-order valence-electron chi connectivity index (χ1n) is 9.91. The van der Waals surface area contributed by atoms with Gasteiger partial charge in [-0.25, -0.2) is 9.97 Å². The number of methoxy groups -OCH3 is 2. The molecule has 0 aliphatic rings. The van der Waals surface area contributed by atoms with Gasteiger partial charge in [-0.1, -0.05) is 12.1 Å². The molecule has 0 unspecified atom stereocenters.